The van der Waals surface area contributed by atoms with Gasteiger partial charge in [-0.3, -0.25) is 0 Å². The first-order valence-electron chi connectivity index (χ1n) is 3.43. The minimum absolute atomic E-state index is 0. The summed E-state index contributed by atoms with van der Waals surface area (Å²) in [6.07, 6.45) is 0. The third-order valence-corrected chi connectivity index (χ3v) is 1.75. The fraction of sp³-hybridized carbons (Fsp3) is 0. The summed E-state index contributed by atoms with van der Waals surface area (Å²) in [5, 5.41) is 9.92. The van der Waals surface area contributed by atoms with Crippen LogP contribution in [0.3, 0.4) is 0 Å². The maximum absolute atomic E-state index is 4.93. The van der Waals surface area contributed by atoms with E-state index < -0.39 is 0 Å². The van der Waals surface area contributed by atoms with Gasteiger partial charge in [-0.05, 0) is 24.4 Å². The van der Waals surface area contributed by atoms with Crippen molar-refractivity contribution >= 4 is 12.2 Å². The van der Waals surface area contributed by atoms with Crippen molar-refractivity contribution in [3.8, 4) is 5.69 Å². The van der Waals surface area contributed by atoms with Crippen LogP contribution in [0.25, 0.3) is 5.69 Å². The van der Waals surface area contributed by atoms with E-state index in [4.69, 9.17) is 12.2 Å². The fourth-order valence-corrected chi connectivity index (χ4v) is 1.13. The quantitative estimate of drug-likeness (QED) is 0.443. The first-order valence-corrected chi connectivity index (χ1v) is 3.84. The minimum Gasteiger partial charge on any atom is -0.210 e. The van der Waals surface area contributed by atoms with E-state index in [2.05, 4.69) is 15.5 Å². The van der Waals surface area contributed by atoms with E-state index >= 15 is 0 Å². The Kier molecular flexibility index (Phi) is 3.80. The van der Waals surface area contributed by atoms with Gasteiger partial charge in [0.1, 0.15) is 0 Å². The van der Waals surface area contributed by atoms with E-state index in [0.29, 0.717) is 4.77 Å². The molecule has 1 aromatic carbocycles. The second-order valence-electron chi connectivity index (χ2n) is 2.25. The van der Waals surface area contributed by atoms with Crippen LogP contribution in [0.2, 0.25) is 0 Å². The number of aromatic amines is 1. The molecule has 0 saturated heterocycles. The van der Waals surface area contributed by atoms with Crippen molar-refractivity contribution in [2.24, 2.45) is 0 Å². The second kappa shape index (κ2) is 4.66. The van der Waals surface area contributed by atoms with Gasteiger partial charge >= 0.3 is 29.6 Å². The molecule has 60 valence electrons. The zero-order valence-electron chi connectivity index (χ0n) is 7.14. The molecule has 2 rings (SSSR count). The predicted octanol–water partition coefficient (Wildman–Crippen LogP) is -1.67. The first kappa shape index (κ1) is 10.6. The van der Waals surface area contributed by atoms with Crippen LogP contribution < -0.4 is 29.6 Å². The first-order chi connectivity index (χ1) is 5.88. The monoisotopic (exact) mass is 201 g/mol. The standard InChI is InChI=1S/C7H6N4S.Na/c12-7-8-9-10-11(7)6-4-2-1-3-5-6;/h1-5H,(H,8,10,12);/q;+1. The molecule has 0 spiro atoms. The molecule has 0 saturated carbocycles. The molecule has 0 radical (unpaired) electrons. The number of nitrogens with one attached hydrogen (secondary N) is 1. The molecule has 1 N–H and O–H groups in total. The Morgan fingerprint density at radius 2 is 1.92 bits per heavy atom. The fourth-order valence-electron chi connectivity index (χ4n) is 0.943. The van der Waals surface area contributed by atoms with E-state index in [1.807, 2.05) is 30.3 Å². The van der Waals surface area contributed by atoms with Crippen molar-refractivity contribution in [2.75, 3.05) is 0 Å². The molecule has 0 aliphatic rings. The van der Waals surface area contributed by atoms with Gasteiger partial charge in [0.2, 0.25) is 4.77 Å². The number of tetrazole rings is 1. The minimum atomic E-state index is 0. The molecule has 1 heterocycles. The number of rotatable bonds is 1. The van der Waals surface area contributed by atoms with Crippen LogP contribution in [0.15, 0.2) is 30.3 Å². The van der Waals surface area contributed by atoms with E-state index in [0.717, 1.165) is 5.69 Å². The molecule has 0 bridgehead atoms. The van der Waals surface area contributed by atoms with Gasteiger partial charge in [0.25, 0.3) is 0 Å². The number of benzene rings is 1. The third kappa shape index (κ3) is 2.25. The second-order valence-corrected chi connectivity index (χ2v) is 2.62. The molecule has 0 amide bonds. The van der Waals surface area contributed by atoms with Crippen molar-refractivity contribution in [1.82, 2.24) is 20.2 Å². The topological polar surface area (TPSA) is 46.5 Å². The Labute approximate surface area is 102 Å². The maximum atomic E-state index is 4.93. The van der Waals surface area contributed by atoms with E-state index in [1.165, 1.54) is 0 Å². The average Bonchev–Trinajstić information content (AvgIpc) is 2.53. The molecule has 13 heavy (non-hydrogen) atoms. The Balaban J connectivity index is 0.000000845. The molecule has 1 aromatic heterocycles. The van der Waals surface area contributed by atoms with Crippen LogP contribution >= 0.6 is 12.2 Å². The SMILES string of the molecule is S=c1nn[nH]n1-c1ccccc1.[Na+]. The van der Waals surface area contributed by atoms with Crippen molar-refractivity contribution in [1.29, 1.82) is 0 Å². The smallest absolute Gasteiger partial charge is 0.210 e. The van der Waals surface area contributed by atoms with Crippen molar-refractivity contribution in [3.05, 3.63) is 35.1 Å². The van der Waals surface area contributed by atoms with Crippen LogP contribution in [-0.4, -0.2) is 20.2 Å². The summed E-state index contributed by atoms with van der Waals surface area (Å²) in [6, 6.07) is 9.65. The van der Waals surface area contributed by atoms with Crippen molar-refractivity contribution in [3.63, 3.8) is 0 Å². The van der Waals surface area contributed by atoms with Gasteiger partial charge in [-0.15, -0.1) is 0 Å². The molecule has 0 unspecified atom stereocenters. The summed E-state index contributed by atoms with van der Waals surface area (Å²) in [4.78, 5) is 0. The normalized spacial score (nSPS) is 9.23. The summed E-state index contributed by atoms with van der Waals surface area (Å²) in [5.41, 5.74) is 0.938. The molecule has 0 aliphatic carbocycles. The zero-order chi connectivity index (χ0) is 8.39. The predicted molar refractivity (Wildman–Crippen MR) is 46.5 cm³/mol. The van der Waals surface area contributed by atoms with Crippen molar-refractivity contribution in [2.45, 2.75) is 0 Å². The van der Waals surface area contributed by atoms with Gasteiger partial charge in [-0.2, -0.15) is 5.21 Å². The summed E-state index contributed by atoms with van der Waals surface area (Å²) in [5.74, 6) is 0. The summed E-state index contributed by atoms with van der Waals surface area (Å²) >= 11 is 4.93. The number of hydrogen-bond donors (Lipinski definition) is 1. The van der Waals surface area contributed by atoms with E-state index in [1.54, 1.807) is 4.68 Å². The number of hydrogen-bond acceptors (Lipinski definition) is 3. The Morgan fingerprint density at radius 3 is 2.46 bits per heavy atom. The van der Waals surface area contributed by atoms with Crippen LogP contribution in [0.5, 0.6) is 0 Å². The molecular formula is C7H6N4NaS+. The Morgan fingerprint density at radius 1 is 1.23 bits per heavy atom. The number of nitrogens with zero attached hydrogens (tertiary/aromatic N) is 3. The number of para-hydroxylation sites is 1. The average molecular weight is 201 g/mol. The Bertz CT molecular complexity index is 421. The largest absolute Gasteiger partial charge is 1.00 e. The van der Waals surface area contributed by atoms with E-state index in [-0.39, 0.29) is 29.6 Å². The number of aromatic nitrogens is 4. The maximum Gasteiger partial charge on any atom is 1.00 e. The third-order valence-electron chi connectivity index (χ3n) is 1.49. The molecule has 0 fully saturated rings. The van der Waals surface area contributed by atoms with Gasteiger partial charge in [0.05, 0.1) is 5.69 Å². The Hall–Kier alpha value is -0.490. The van der Waals surface area contributed by atoms with Gasteiger partial charge in [0, 0.05) is 0 Å². The van der Waals surface area contributed by atoms with Gasteiger partial charge in [0.15, 0.2) is 0 Å². The number of H-pyrrole nitrogens is 1. The van der Waals surface area contributed by atoms with Crippen LogP contribution in [0.1, 0.15) is 0 Å². The van der Waals surface area contributed by atoms with Gasteiger partial charge < -0.3 is 0 Å². The van der Waals surface area contributed by atoms with Crippen LogP contribution in [0, 0.1) is 4.77 Å². The molecule has 0 aliphatic heterocycles. The molecule has 0 atom stereocenters. The van der Waals surface area contributed by atoms with Crippen LogP contribution in [0.4, 0.5) is 0 Å². The molecule has 6 heteroatoms. The van der Waals surface area contributed by atoms with E-state index in [9.17, 15) is 0 Å². The molecule has 4 nitrogen and oxygen atoms in total. The molecule has 2 aromatic rings. The van der Waals surface area contributed by atoms with Crippen molar-refractivity contribution < 1.29 is 29.6 Å². The zero-order valence-corrected chi connectivity index (χ0v) is 9.95. The van der Waals surface area contributed by atoms with Gasteiger partial charge in [-0.1, -0.05) is 28.5 Å². The molecular weight excluding hydrogens is 195 g/mol. The van der Waals surface area contributed by atoms with Crippen LogP contribution in [-0.2, 0) is 0 Å². The summed E-state index contributed by atoms with van der Waals surface area (Å²) in [6.45, 7) is 0. The summed E-state index contributed by atoms with van der Waals surface area (Å²) < 4.78 is 2.07. The van der Waals surface area contributed by atoms with Gasteiger partial charge in [-0.25, -0.2) is 4.68 Å². The summed E-state index contributed by atoms with van der Waals surface area (Å²) in [7, 11) is 0.